The van der Waals surface area contributed by atoms with Crippen LogP contribution in [-0.4, -0.2) is 25.1 Å². The molecule has 7 nitrogen and oxygen atoms in total. The molecule has 0 amide bonds. The maximum absolute atomic E-state index is 13.4. The maximum atomic E-state index is 13.4. The molecule has 9 heteroatoms. The van der Waals surface area contributed by atoms with Gasteiger partial charge in [-0.2, -0.15) is 10.1 Å². The molecule has 134 valence electrons. The zero-order valence-electron chi connectivity index (χ0n) is 14.0. The second-order valence-electron chi connectivity index (χ2n) is 6.28. The minimum absolute atomic E-state index is 0.313. The summed E-state index contributed by atoms with van der Waals surface area (Å²) in [6, 6.07) is 5.39. The van der Waals surface area contributed by atoms with E-state index < -0.39 is 11.6 Å². The molecular weight excluding hydrogens is 340 g/mol. The van der Waals surface area contributed by atoms with Crippen LogP contribution in [0.3, 0.4) is 0 Å². The monoisotopic (exact) mass is 357 g/mol. The van der Waals surface area contributed by atoms with Gasteiger partial charge in [-0.15, -0.1) is 0 Å². The second kappa shape index (κ2) is 6.66. The van der Waals surface area contributed by atoms with Crippen molar-refractivity contribution < 1.29 is 8.78 Å². The highest BCUT2D eigenvalue weighted by atomic mass is 19.2. The molecule has 1 aromatic carbocycles. The van der Waals surface area contributed by atoms with Gasteiger partial charge in [0.2, 0.25) is 11.9 Å². The Balaban J connectivity index is 1.45. The van der Waals surface area contributed by atoms with E-state index >= 15 is 0 Å². The number of anilines is 3. The van der Waals surface area contributed by atoms with Crippen LogP contribution in [0.1, 0.15) is 43.0 Å². The molecule has 26 heavy (non-hydrogen) atoms. The van der Waals surface area contributed by atoms with Gasteiger partial charge < -0.3 is 10.6 Å². The van der Waals surface area contributed by atoms with Crippen molar-refractivity contribution in [1.82, 2.24) is 25.1 Å². The minimum atomic E-state index is -0.890. The number of aromatic amines is 1. The van der Waals surface area contributed by atoms with Crippen LogP contribution in [0.5, 0.6) is 0 Å². The number of hydrogen-bond acceptors (Lipinski definition) is 6. The van der Waals surface area contributed by atoms with E-state index in [1.54, 1.807) is 6.92 Å². The highest BCUT2D eigenvalue weighted by molar-refractivity contribution is 5.49. The Bertz CT molecular complexity index is 923. The summed E-state index contributed by atoms with van der Waals surface area (Å²) in [5, 5.41) is 13.3. The Labute approximate surface area is 148 Å². The lowest BCUT2D eigenvalue weighted by molar-refractivity contribution is 0.506. The number of nitrogens with zero attached hydrogens (tertiary/aromatic N) is 4. The van der Waals surface area contributed by atoms with Crippen molar-refractivity contribution in [3.05, 3.63) is 53.5 Å². The Morgan fingerprint density at radius 1 is 1.12 bits per heavy atom. The Hall–Kier alpha value is -3.10. The van der Waals surface area contributed by atoms with Crippen molar-refractivity contribution in [2.75, 3.05) is 10.6 Å². The Morgan fingerprint density at radius 2 is 1.92 bits per heavy atom. The number of H-pyrrole nitrogens is 1. The molecule has 4 rings (SSSR count). The summed E-state index contributed by atoms with van der Waals surface area (Å²) in [6.07, 6.45) is 3.73. The van der Waals surface area contributed by atoms with E-state index in [1.807, 2.05) is 6.07 Å². The molecule has 1 fully saturated rings. The van der Waals surface area contributed by atoms with Gasteiger partial charge in [0.05, 0.1) is 6.04 Å². The molecule has 3 aromatic rings. The number of benzene rings is 1. The Kier molecular flexibility index (Phi) is 4.19. The van der Waals surface area contributed by atoms with Crippen LogP contribution in [0.25, 0.3) is 0 Å². The van der Waals surface area contributed by atoms with Crippen molar-refractivity contribution in [2.45, 2.75) is 31.7 Å². The molecule has 0 saturated heterocycles. The van der Waals surface area contributed by atoms with E-state index in [0.717, 1.165) is 17.8 Å². The number of hydrogen-bond donors (Lipinski definition) is 3. The van der Waals surface area contributed by atoms with Crippen LogP contribution >= 0.6 is 0 Å². The number of halogens is 2. The summed E-state index contributed by atoms with van der Waals surface area (Å²) in [5.74, 6) is 0.103. The smallest absolute Gasteiger partial charge is 0.233 e. The maximum Gasteiger partial charge on any atom is 0.233 e. The number of rotatable bonds is 6. The van der Waals surface area contributed by atoms with Crippen molar-refractivity contribution >= 4 is 17.7 Å². The van der Waals surface area contributed by atoms with E-state index in [0.29, 0.717) is 29.2 Å². The zero-order valence-corrected chi connectivity index (χ0v) is 14.0. The minimum Gasteiger partial charge on any atom is -0.348 e. The molecule has 1 saturated carbocycles. The lowest BCUT2D eigenvalue weighted by Crippen LogP contribution is -2.11. The van der Waals surface area contributed by atoms with Gasteiger partial charge in [0, 0.05) is 17.7 Å². The highest BCUT2D eigenvalue weighted by Gasteiger charge is 2.25. The predicted octanol–water partition coefficient (Wildman–Crippen LogP) is 3.67. The third-order valence-corrected chi connectivity index (χ3v) is 4.22. The van der Waals surface area contributed by atoms with Crippen LogP contribution in [0.2, 0.25) is 0 Å². The van der Waals surface area contributed by atoms with Crippen molar-refractivity contribution in [3.63, 3.8) is 0 Å². The molecule has 0 spiro atoms. The fourth-order valence-corrected chi connectivity index (χ4v) is 2.60. The summed E-state index contributed by atoms with van der Waals surface area (Å²) in [7, 11) is 0. The van der Waals surface area contributed by atoms with Crippen LogP contribution in [0.4, 0.5) is 26.5 Å². The lowest BCUT2D eigenvalue weighted by Gasteiger charge is -2.14. The molecule has 1 aliphatic rings. The van der Waals surface area contributed by atoms with Gasteiger partial charge in [0.25, 0.3) is 0 Å². The molecule has 1 atom stereocenters. The molecule has 3 N–H and O–H groups in total. The van der Waals surface area contributed by atoms with Crippen LogP contribution in [-0.2, 0) is 0 Å². The first-order valence-electron chi connectivity index (χ1n) is 8.31. The van der Waals surface area contributed by atoms with E-state index in [1.165, 1.54) is 25.2 Å². The van der Waals surface area contributed by atoms with E-state index in [2.05, 4.69) is 35.8 Å². The molecule has 0 radical (unpaired) electrons. The zero-order chi connectivity index (χ0) is 18.1. The average molecular weight is 357 g/mol. The van der Waals surface area contributed by atoms with Gasteiger partial charge in [-0.05, 0) is 37.5 Å². The first kappa shape index (κ1) is 16.4. The molecule has 0 bridgehead atoms. The molecule has 1 aliphatic carbocycles. The third kappa shape index (κ3) is 3.61. The fraction of sp³-hybridized carbons (Fsp3) is 0.294. The van der Waals surface area contributed by atoms with Gasteiger partial charge in [0.1, 0.15) is 6.33 Å². The normalized spacial score (nSPS) is 14.9. The second-order valence-corrected chi connectivity index (χ2v) is 6.28. The van der Waals surface area contributed by atoms with Crippen molar-refractivity contribution in [3.8, 4) is 0 Å². The van der Waals surface area contributed by atoms with Crippen molar-refractivity contribution in [1.29, 1.82) is 0 Å². The molecule has 0 aliphatic heterocycles. The largest absolute Gasteiger partial charge is 0.348 e. The molecular formula is C17H17F2N7. The van der Waals surface area contributed by atoms with Gasteiger partial charge in [-0.25, -0.2) is 18.7 Å². The fourth-order valence-electron chi connectivity index (χ4n) is 2.60. The third-order valence-electron chi connectivity index (χ3n) is 4.22. The van der Waals surface area contributed by atoms with E-state index in [-0.39, 0.29) is 6.04 Å². The van der Waals surface area contributed by atoms with E-state index in [4.69, 9.17) is 0 Å². The molecule has 1 unspecified atom stereocenters. The number of nitrogens with one attached hydrogen (secondary N) is 3. The van der Waals surface area contributed by atoms with Gasteiger partial charge in [-0.3, -0.25) is 5.10 Å². The van der Waals surface area contributed by atoms with E-state index in [9.17, 15) is 8.78 Å². The first-order chi connectivity index (χ1) is 12.6. The Morgan fingerprint density at radius 3 is 2.69 bits per heavy atom. The average Bonchev–Trinajstić information content (AvgIpc) is 3.37. The van der Waals surface area contributed by atoms with Crippen LogP contribution in [0.15, 0.2) is 30.6 Å². The topological polar surface area (TPSA) is 91.4 Å². The first-order valence-corrected chi connectivity index (χ1v) is 8.31. The summed E-state index contributed by atoms with van der Waals surface area (Å²) in [6.45, 7) is 1.80. The summed E-state index contributed by atoms with van der Waals surface area (Å²) in [5.41, 5.74) is 1.69. The molecule has 2 aromatic heterocycles. The van der Waals surface area contributed by atoms with Gasteiger partial charge in [-0.1, -0.05) is 6.07 Å². The standard InChI is InChI=1S/C17H17F2N7/c1-9(11-4-5-12(18)13(19)6-11)22-16-20-8-21-17(24-16)23-15-7-14(25-26-15)10-2-3-10/h4-10H,2-3H2,1H3,(H3,20,21,22,23,24,25,26). The van der Waals surface area contributed by atoms with Gasteiger partial charge in [0.15, 0.2) is 17.5 Å². The SMILES string of the molecule is CC(Nc1ncnc(Nc2cc(C3CC3)[nH]n2)n1)c1ccc(F)c(F)c1. The summed E-state index contributed by atoms with van der Waals surface area (Å²) < 4.78 is 26.4. The van der Waals surface area contributed by atoms with Crippen molar-refractivity contribution in [2.24, 2.45) is 0 Å². The predicted molar refractivity (Wildman–Crippen MR) is 92.1 cm³/mol. The van der Waals surface area contributed by atoms with Crippen LogP contribution < -0.4 is 10.6 Å². The quantitative estimate of drug-likeness (QED) is 0.623. The summed E-state index contributed by atoms with van der Waals surface area (Å²) >= 11 is 0. The summed E-state index contributed by atoms with van der Waals surface area (Å²) in [4.78, 5) is 12.4. The van der Waals surface area contributed by atoms with Gasteiger partial charge >= 0.3 is 0 Å². The lowest BCUT2D eigenvalue weighted by atomic mass is 10.1. The molecule has 2 heterocycles. The van der Waals surface area contributed by atoms with Crippen LogP contribution in [0, 0.1) is 11.6 Å². The highest BCUT2D eigenvalue weighted by Crippen LogP contribution is 2.39. The number of aromatic nitrogens is 5.